The van der Waals surface area contributed by atoms with Gasteiger partial charge in [-0.1, -0.05) is 129 Å². The summed E-state index contributed by atoms with van der Waals surface area (Å²) in [6, 6.07) is 27.6. The van der Waals surface area contributed by atoms with Gasteiger partial charge in [-0.25, -0.2) is 0 Å². The summed E-state index contributed by atoms with van der Waals surface area (Å²) in [5, 5.41) is 3.95. The van der Waals surface area contributed by atoms with Crippen LogP contribution in [0.25, 0.3) is 56.6 Å². The van der Waals surface area contributed by atoms with Crippen LogP contribution in [0.3, 0.4) is 0 Å². The third kappa shape index (κ3) is 13.0. The average Bonchev–Trinajstić information content (AvgIpc) is 4.30. The highest BCUT2D eigenvalue weighted by molar-refractivity contribution is 5.97. The lowest BCUT2D eigenvalue weighted by molar-refractivity contribution is 0.261. The molecule has 4 unspecified atom stereocenters. The summed E-state index contributed by atoms with van der Waals surface area (Å²) < 4.78 is 8.09. The molecule has 2 saturated carbocycles. The molecule has 418 valence electrons. The molecule has 0 amide bonds. The van der Waals surface area contributed by atoms with E-state index in [1.165, 1.54) is 124 Å². The van der Waals surface area contributed by atoms with Crippen molar-refractivity contribution in [3.63, 3.8) is 0 Å². The van der Waals surface area contributed by atoms with Gasteiger partial charge in [-0.2, -0.15) is 0 Å². The minimum Gasteiger partial charge on any atom is -0.396 e. The van der Waals surface area contributed by atoms with Crippen molar-refractivity contribution in [2.45, 2.75) is 174 Å². The Morgan fingerprint density at radius 1 is 0.734 bits per heavy atom. The Labute approximate surface area is 473 Å². The molecule has 3 aromatic carbocycles. The second-order valence-corrected chi connectivity index (χ2v) is 23.7. The molecule has 0 spiro atoms. The molecule has 0 saturated heterocycles. The molecule has 1 aliphatic heterocycles. The van der Waals surface area contributed by atoms with Gasteiger partial charge in [0.2, 0.25) is 0 Å². The number of hydrogen-bond acceptors (Lipinski definition) is 5. The Kier molecular flexibility index (Phi) is 20.0. The lowest BCUT2D eigenvalue weighted by atomic mass is 9.76. The van der Waals surface area contributed by atoms with Gasteiger partial charge in [-0.15, -0.1) is 0 Å². The number of nitrogens with zero attached hydrogens (tertiary/aromatic N) is 4. The Morgan fingerprint density at radius 3 is 2.29 bits per heavy atom. The van der Waals surface area contributed by atoms with Crippen LogP contribution in [-0.2, 0) is 19.4 Å². The number of benzene rings is 3. The number of unbranched alkanes of at least 4 members (excludes halogenated alkanes) is 4. The zero-order valence-electron chi connectivity index (χ0n) is 48.0. The molecular formula is C71H94N8. The second kappa shape index (κ2) is 28.0. The maximum absolute atomic E-state index is 7.39. The summed E-state index contributed by atoms with van der Waals surface area (Å²) in [6.45, 7) is 6.34. The normalized spacial score (nSPS) is 20.7. The molecule has 0 radical (unpaired) electrons. The van der Waals surface area contributed by atoms with E-state index in [1.807, 2.05) is 0 Å². The van der Waals surface area contributed by atoms with Gasteiger partial charge in [-0.05, 0) is 219 Å². The minimum atomic E-state index is 0.270. The number of aliphatic imine (C=N–C) groups is 1. The Balaban J connectivity index is 1.01. The van der Waals surface area contributed by atoms with Gasteiger partial charge >= 0.3 is 0 Å². The summed E-state index contributed by atoms with van der Waals surface area (Å²) >= 11 is 0. The molecule has 8 heteroatoms. The summed E-state index contributed by atoms with van der Waals surface area (Å²) in [7, 11) is 0. The zero-order valence-corrected chi connectivity index (χ0v) is 48.0. The van der Waals surface area contributed by atoms with Crippen LogP contribution < -0.4 is 22.9 Å². The van der Waals surface area contributed by atoms with Crippen LogP contribution in [0.2, 0.25) is 0 Å². The summed E-state index contributed by atoms with van der Waals surface area (Å²) in [4.78, 5) is 4.83. The number of nitrogen functional groups attached to an aromatic ring is 1. The smallest absolute Gasteiger partial charge is 0.0654 e. The first-order chi connectivity index (χ1) is 39.0. The number of rotatable bonds is 24. The second-order valence-electron chi connectivity index (χ2n) is 23.7. The molecule has 79 heavy (non-hydrogen) atoms. The van der Waals surface area contributed by atoms with E-state index >= 15 is 0 Å². The van der Waals surface area contributed by atoms with Crippen LogP contribution in [0.15, 0.2) is 125 Å². The van der Waals surface area contributed by atoms with Crippen molar-refractivity contribution in [1.82, 2.24) is 13.7 Å². The van der Waals surface area contributed by atoms with E-state index in [4.69, 9.17) is 27.9 Å². The predicted molar refractivity (Wildman–Crippen MR) is 341 cm³/mol. The fourth-order valence-electron chi connectivity index (χ4n) is 14.5. The van der Waals surface area contributed by atoms with E-state index in [2.05, 4.69) is 148 Å². The number of allylic oxidation sites excluding steroid dienone is 9. The van der Waals surface area contributed by atoms with E-state index < -0.39 is 0 Å². The van der Waals surface area contributed by atoms with Gasteiger partial charge in [-0.3, -0.25) is 4.99 Å². The van der Waals surface area contributed by atoms with Crippen molar-refractivity contribution in [1.29, 1.82) is 0 Å². The predicted octanol–water partition coefficient (Wildman–Crippen LogP) is 16.7. The first-order valence-electron chi connectivity index (χ1n) is 31.3. The highest BCUT2D eigenvalue weighted by atomic mass is 15.1. The van der Waals surface area contributed by atoms with Crippen molar-refractivity contribution in [2.24, 2.45) is 39.9 Å². The van der Waals surface area contributed by atoms with Gasteiger partial charge in [0.15, 0.2) is 0 Å². The molecule has 4 heterocycles. The van der Waals surface area contributed by atoms with Crippen molar-refractivity contribution >= 4 is 68.5 Å². The SMILES string of the molecule is CCc1c(/C=C\CCCCCN)n(/C(=C2\CCCC(C(CCCCC(CN)Cn3c4c(c5ccccc53)CC/C(CCCN)=C\C=C/4)n3c(/C=C\C=C4CCCCC4)c(N)c4ccccc43)C2)C2CC=NCC2)c2ccccc12. The molecule has 0 bridgehead atoms. The van der Waals surface area contributed by atoms with Crippen molar-refractivity contribution in [2.75, 3.05) is 31.9 Å². The van der Waals surface area contributed by atoms with Crippen molar-refractivity contribution < 1.29 is 0 Å². The molecule has 2 fully saturated rings. The fraction of sp³-hybridized carbons (Fsp3) is 0.479. The Hall–Kier alpha value is -5.93. The molecule has 6 aromatic rings. The number of hydrogen-bond donors (Lipinski definition) is 4. The molecule has 3 aromatic heterocycles. The van der Waals surface area contributed by atoms with Gasteiger partial charge in [0.1, 0.15) is 0 Å². The molecule has 4 atom stereocenters. The maximum atomic E-state index is 7.39. The van der Waals surface area contributed by atoms with Crippen LogP contribution in [0.1, 0.15) is 182 Å². The standard InChI is InChI=1S/C71H94N8/c1-2-58-59-31-12-16-37-67(59)79(66(58)36-9-4-3-5-18-45-72)71(55-43-47-76-48-44-55)57-30-21-29-56(49-57)63(78-68-38-17-13-33-62(68)70(75)69(78)40-20-26-52-23-7-6-8-24-52)34-14-10-25-54(50-74)51-77-64-35-15-11-32-60(64)61-42-41-53(28-22-46-73)27-19-39-65(61)77/h9,11-13,15-17,19-20,26-27,31-33,35-40,47,54-56,63H,2-8,10,14,18,21-25,28-30,34,41-46,48-51,72-75H2,1H3/b36-9-,39-19-,40-20-,53-27-,71-57+. The molecular weight excluding hydrogens is 965 g/mol. The lowest BCUT2D eigenvalue weighted by Gasteiger charge is -2.37. The third-order valence-corrected chi connectivity index (χ3v) is 18.6. The van der Waals surface area contributed by atoms with Gasteiger partial charge < -0.3 is 36.6 Å². The molecule has 10 rings (SSSR count). The summed E-state index contributed by atoms with van der Waals surface area (Å²) in [5.41, 5.74) is 44.0. The first-order valence-corrected chi connectivity index (χ1v) is 31.3. The van der Waals surface area contributed by atoms with E-state index in [0.29, 0.717) is 24.3 Å². The monoisotopic (exact) mass is 1060 g/mol. The zero-order chi connectivity index (χ0) is 54.3. The highest BCUT2D eigenvalue weighted by Gasteiger charge is 2.34. The number of aryl methyl sites for hydroxylation is 2. The van der Waals surface area contributed by atoms with E-state index in [9.17, 15) is 0 Å². The van der Waals surface area contributed by atoms with Gasteiger partial charge in [0, 0.05) is 63.8 Å². The number of anilines is 1. The van der Waals surface area contributed by atoms with E-state index in [0.717, 1.165) is 128 Å². The molecule has 3 aliphatic carbocycles. The van der Waals surface area contributed by atoms with Crippen LogP contribution in [-0.4, -0.2) is 46.1 Å². The molecule has 8 nitrogen and oxygen atoms in total. The van der Waals surface area contributed by atoms with Crippen molar-refractivity contribution in [3.05, 3.63) is 148 Å². The average molecular weight is 1060 g/mol. The Bertz CT molecular complexity index is 3200. The third-order valence-electron chi connectivity index (χ3n) is 18.6. The quantitative estimate of drug-likeness (QED) is 0.0450. The van der Waals surface area contributed by atoms with Crippen LogP contribution in [0.5, 0.6) is 0 Å². The summed E-state index contributed by atoms with van der Waals surface area (Å²) in [6.07, 6.45) is 48.5. The van der Waals surface area contributed by atoms with Crippen molar-refractivity contribution in [3.8, 4) is 0 Å². The molecule has 4 aliphatic rings. The fourth-order valence-corrected chi connectivity index (χ4v) is 14.5. The van der Waals surface area contributed by atoms with E-state index in [-0.39, 0.29) is 6.04 Å². The van der Waals surface area contributed by atoms with Gasteiger partial charge in [0.25, 0.3) is 0 Å². The van der Waals surface area contributed by atoms with Crippen LogP contribution >= 0.6 is 0 Å². The Morgan fingerprint density at radius 2 is 1.51 bits per heavy atom. The highest BCUT2D eigenvalue weighted by Crippen LogP contribution is 2.47. The lowest BCUT2D eigenvalue weighted by Crippen LogP contribution is -2.26. The van der Waals surface area contributed by atoms with Gasteiger partial charge in [0.05, 0.1) is 22.4 Å². The largest absolute Gasteiger partial charge is 0.396 e. The van der Waals surface area contributed by atoms with Crippen LogP contribution in [0.4, 0.5) is 5.69 Å². The number of fused-ring (bicyclic) bond motifs is 5. The first kappa shape index (κ1) is 56.3. The van der Waals surface area contributed by atoms with Crippen LogP contribution in [0, 0.1) is 17.8 Å². The topological polar surface area (TPSA) is 131 Å². The minimum absolute atomic E-state index is 0.270. The summed E-state index contributed by atoms with van der Waals surface area (Å²) in [5.74, 6) is 1.22. The number of aromatic nitrogens is 3. The number of nitrogens with two attached hydrogens (primary N) is 4. The maximum Gasteiger partial charge on any atom is 0.0654 e. The van der Waals surface area contributed by atoms with E-state index in [1.54, 1.807) is 16.8 Å². The number of para-hydroxylation sites is 3. The molecule has 8 N–H and O–H groups in total.